The Hall–Kier alpha value is -2.09. The average Bonchev–Trinajstić information content (AvgIpc) is 3.12. The Kier molecular flexibility index (Phi) is 5.08. The van der Waals surface area contributed by atoms with Crippen LogP contribution in [-0.2, 0) is 22.3 Å². The quantitative estimate of drug-likeness (QED) is 0.787. The number of hydrogen-bond acceptors (Lipinski definition) is 5. The molecule has 27 heavy (non-hydrogen) atoms. The molecule has 0 unspecified atom stereocenters. The van der Waals surface area contributed by atoms with Crippen LogP contribution >= 0.6 is 0 Å². The van der Waals surface area contributed by atoms with Gasteiger partial charge in [0.2, 0.25) is 16.8 Å². The predicted molar refractivity (Wildman–Crippen MR) is 103 cm³/mol. The Labute approximate surface area is 160 Å². The normalized spacial score (nSPS) is 18.0. The summed E-state index contributed by atoms with van der Waals surface area (Å²) >= 11 is 0. The van der Waals surface area contributed by atoms with Gasteiger partial charge in [0.15, 0.2) is 11.5 Å². The molecule has 0 aliphatic carbocycles. The van der Waals surface area contributed by atoms with Crippen molar-refractivity contribution >= 4 is 10.0 Å². The number of hydrogen-bond donors (Lipinski definition) is 0. The zero-order chi connectivity index (χ0) is 18.9. The fourth-order valence-electron chi connectivity index (χ4n) is 3.45. The molecule has 6 nitrogen and oxygen atoms in total. The second-order valence-corrected chi connectivity index (χ2v) is 9.07. The van der Waals surface area contributed by atoms with Crippen LogP contribution in [0.15, 0.2) is 42.5 Å². The minimum absolute atomic E-state index is 0.0649. The summed E-state index contributed by atoms with van der Waals surface area (Å²) in [7, 11) is -3.28. The van der Waals surface area contributed by atoms with E-state index in [0.29, 0.717) is 13.1 Å². The van der Waals surface area contributed by atoms with Crippen molar-refractivity contribution in [1.29, 1.82) is 0 Å². The van der Waals surface area contributed by atoms with Gasteiger partial charge in [-0.05, 0) is 30.2 Å². The van der Waals surface area contributed by atoms with E-state index in [1.165, 1.54) is 0 Å². The predicted octanol–water partition coefficient (Wildman–Crippen LogP) is 2.37. The van der Waals surface area contributed by atoms with E-state index in [1.54, 1.807) is 4.31 Å². The summed E-state index contributed by atoms with van der Waals surface area (Å²) in [6, 6.07) is 13.7. The van der Waals surface area contributed by atoms with Crippen LogP contribution in [0.25, 0.3) is 0 Å². The molecule has 1 fully saturated rings. The zero-order valence-corrected chi connectivity index (χ0v) is 16.2. The highest BCUT2D eigenvalue weighted by molar-refractivity contribution is 7.88. The van der Waals surface area contributed by atoms with Gasteiger partial charge in [0.05, 0.1) is 5.75 Å². The number of benzene rings is 2. The third-order valence-corrected chi connectivity index (χ3v) is 6.89. The lowest BCUT2D eigenvalue weighted by molar-refractivity contribution is 0.173. The van der Waals surface area contributed by atoms with Gasteiger partial charge in [-0.1, -0.05) is 35.9 Å². The summed E-state index contributed by atoms with van der Waals surface area (Å²) in [6.07, 6.45) is 0. The van der Waals surface area contributed by atoms with Gasteiger partial charge in [-0.3, -0.25) is 4.90 Å². The second kappa shape index (κ2) is 7.50. The van der Waals surface area contributed by atoms with Gasteiger partial charge >= 0.3 is 0 Å². The largest absolute Gasteiger partial charge is 0.454 e. The Morgan fingerprint density at radius 3 is 2.30 bits per heavy atom. The molecular formula is C20H24N2O4S. The molecular weight excluding hydrogens is 364 g/mol. The molecule has 0 N–H and O–H groups in total. The molecule has 0 bridgehead atoms. The van der Waals surface area contributed by atoms with Crippen LogP contribution in [0, 0.1) is 6.92 Å². The Bertz CT molecular complexity index is 904. The molecule has 0 amide bonds. The van der Waals surface area contributed by atoms with E-state index in [0.717, 1.165) is 47.8 Å². The molecule has 0 saturated carbocycles. The van der Waals surface area contributed by atoms with Gasteiger partial charge < -0.3 is 9.47 Å². The van der Waals surface area contributed by atoms with Gasteiger partial charge in [0, 0.05) is 32.7 Å². The van der Waals surface area contributed by atoms with E-state index in [4.69, 9.17) is 9.47 Å². The number of piperazine rings is 1. The molecule has 2 heterocycles. The standard InChI is InChI=1S/C20H24N2O4S/c1-16-2-4-17(5-3-16)14-27(23,24)22-10-8-21(9-11-22)13-18-6-7-19-20(12-18)26-15-25-19/h2-7,12H,8-11,13-15H2,1H3. The topological polar surface area (TPSA) is 59.1 Å². The minimum Gasteiger partial charge on any atom is -0.454 e. The lowest BCUT2D eigenvalue weighted by atomic mass is 10.2. The molecule has 1 saturated heterocycles. The maximum atomic E-state index is 12.7. The van der Waals surface area contributed by atoms with Gasteiger partial charge in [0.1, 0.15) is 0 Å². The molecule has 4 rings (SSSR count). The SMILES string of the molecule is Cc1ccc(CS(=O)(=O)N2CCN(Cc3ccc4c(c3)OCO4)CC2)cc1. The van der Waals surface area contributed by atoms with Crippen molar-refractivity contribution in [3.8, 4) is 11.5 Å². The van der Waals surface area contributed by atoms with Crippen molar-refractivity contribution in [2.75, 3.05) is 33.0 Å². The maximum Gasteiger partial charge on any atom is 0.231 e. The first-order chi connectivity index (χ1) is 13.0. The van der Waals surface area contributed by atoms with Gasteiger partial charge in [-0.25, -0.2) is 8.42 Å². The molecule has 2 aromatic carbocycles. The fraction of sp³-hybridized carbons (Fsp3) is 0.400. The molecule has 7 heteroatoms. The summed E-state index contributed by atoms with van der Waals surface area (Å²) < 4.78 is 37.8. The first-order valence-electron chi connectivity index (χ1n) is 9.14. The molecule has 0 atom stereocenters. The first kappa shape index (κ1) is 18.3. The van der Waals surface area contributed by atoms with E-state index >= 15 is 0 Å². The smallest absolute Gasteiger partial charge is 0.231 e. The highest BCUT2D eigenvalue weighted by Gasteiger charge is 2.27. The third-order valence-electron chi connectivity index (χ3n) is 5.04. The highest BCUT2D eigenvalue weighted by Crippen LogP contribution is 2.32. The van der Waals surface area contributed by atoms with E-state index in [-0.39, 0.29) is 12.5 Å². The van der Waals surface area contributed by atoms with Crippen LogP contribution in [0.4, 0.5) is 0 Å². The number of aryl methyl sites for hydroxylation is 1. The molecule has 0 aromatic heterocycles. The van der Waals surface area contributed by atoms with Crippen LogP contribution in [0.1, 0.15) is 16.7 Å². The summed E-state index contributed by atoms with van der Waals surface area (Å²) in [5.41, 5.74) is 3.12. The van der Waals surface area contributed by atoms with Crippen molar-refractivity contribution in [1.82, 2.24) is 9.21 Å². The highest BCUT2D eigenvalue weighted by atomic mass is 32.2. The molecule has 2 aromatic rings. The number of rotatable bonds is 5. The first-order valence-corrected chi connectivity index (χ1v) is 10.7. The van der Waals surface area contributed by atoms with Gasteiger partial charge in [-0.15, -0.1) is 0 Å². The van der Waals surface area contributed by atoms with Crippen molar-refractivity contribution in [3.63, 3.8) is 0 Å². The van der Waals surface area contributed by atoms with E-state index in [2.05, 4.69) is 4.90 Å². The van der Waals surface area contributed by atoms with Crippen LogP contribution in [0.3, 0.4) is 0 Å². The lowest BCUT2D eigenvalue weighted by Gasteiger charge is -2.34. The zero-order valence-electron chi connectivity index (χ0n) is 15.4. The minimum atomic E-state index is -3.28. The summed E-state index contributed by atoms with van der Waals surface area (Å²) in [4.78, 5) is 2.27. The van der Waals surface area contributed by atoms with E-state index < -0.39 is 10.0 Å². The third kappa shape index (κ3) is 4.26. The number of fused-ring (bicyclic) bond motifs is 1. The van der Waals surface area contributed by atoms with Crippen LogP contribution < -0.4 is 9.47 Å². The lowest BCUT2D eigenvalue weighted by Crippen LogP contribution is -2.48. The fourth-order valence-corrected chi connectivity index (χ4v) is 4.97. The van der Waals surface area contributed by atoms with Crippen molar-refractivity contribution in [2.45, 2.75) is 19.2 Å². The second-order valence-electron chi connectivity index (χ2n) is 7.10. The van der Waals surface area contributed by atoms with Gasteiger partial charge in [-0.2, -0.15) is 4.31 Å². The Morgan fingerprint density at radius 2 is 1.56 bits per heavy atom. The molecule has 144 valence electrons. The number of nitrogens with zero attached hydrogens (tertiary/aromatic N) is 2. The van der Waals surface area contributed by atoms with Crippen LogP contribution in [-0.4, -0.2) is 50.6 Å². The summed E-state index contributed by atoms with van der Waals surface area (Å²) in [5.74, 6) is 1.63. The Balaban J connectivity index is 1.33. The van der Waals surface area contributed by atoms with Gasteiger partial charge in [0.25, 0.3) is 0 Å². The van der Waals surface area contributed by atoms with Crippen molar-refractivity contribution < 1.29 is 17.9 Å². The number of ether oxygens (including phenoxy) is 2. The average molecular weight is 388 g/mol. The summed E-state index contributed by atoms with van der Waals surface area (Å²) in [5, 5.41) is 0. The number of sulfonamides is 1. The maximum absolute atomic E-state index is 12.7. The van der Waals surface area contributed by atoms with Crippen LogP contribution in [0.2, 0.25) is 0 Å². The van der Waals surface area contributed by atoms with Crippen molar-refractivity contribution in [2.24, 2.45) is 0 Å². The molecule has 0 spiro atoms. The Morgan fingerprint density at radius 1 is 0.889 bits per heavy atom. The molecule has 0 radical (unpaired) electrons. The van der Waals surface area contributed by atoms with E-state index in [9.17, 15) is 8.42 Å². The molecule has 2 aliphatic heterocycles. The monoisotopic (exact) mass is 388 g/mol. The molecule has 2 aliphatic rings. The van der Waals surface area contributed by atoms with Crippen LogP contribution in [0.5, 0.6) is 11.5 Å². The van der Waals surface area contributed by atoms with Crippen molar-refractivity contribution in [3.05, 3.63) is 59.2 Å². The van der Waals surface area contributed by atoms with E-state index in [1.807, 2.05) is 49.4 Å². The summed E-state index contributed by atoms with van der Waals surface area (Å²) in [6.45, 7) is 5.55.